The highest BCUT2D eigenvalue weighted by molar-refractivity contribution is 7.81. The molecule has 14 aromatic rings. The van der Waals surface area contributed by atoms with Crippen molar-refractivity contribution in [2.45, 2.75) is 99.0 Å². The topological polar surface area (TPSA) is 618 Å². The highest BCUT2D eigenvalue weighted by Crippen LogP contribution is 2.36. The van der Waals surface area contributed by atoms with Gasteiger partial charge < -0.3 is 133 Å². The molecule has 137 heavy (non-hydrogen) atoms. The number of nitrogen functional groups attached to an aromatic ring is 1. The molecule has 0 aliphatic heterocycles. The summed E-state index contributed by atoms with van der Waals surface area (Å²) in [6.45, 7) is 12.3. The van der Waals surface area contributed by atoms with Gasteiger partial charge in [-0.15, -0.1) is 0 Å². The summed E-state index contributed by atoms with van der Waals surface area (Å²) in [5.74, 6) is 1.34. The molecule has 40 heteroatoms. The standard InChI is InChI=1S/C13H16N2O6S.C13H16N2O4.C13H16N2O3.C13H16N2O2.C12H16N2O3.C12H14N2O2.C11H12N2O2.C10H12N2O/c1-8(16)14-4-3-9-7-15-11-6-13(21-22(17,18)19)12(20-2)5-10(9)11;1-9(17)14-6-5-13(18)11-7-10(19-2)3-4-12(11)15-8-16;1-8(16)14-4-3-9-7-15-11-6-12(17)13(18-2)5-10(9)11;1-9(16)14-6-5-10-8-15-13-4-3-11(17-2)7-12(10)13;1-8(15)14-6-5-12(16)10-7-9(17-2)3-4-11(10)13;1-8(15)13-5-4-9-7-14-12-3-2-10(16)6-11(9)12;12-9(11(14)15)5-7-6-13-10-4-2-1-3-8(7)10;11-4-3-7-6-12-10-2-1-8(13)5-9(7)10/h5-7,15H,3-4H2,1-2H3,(H,14,16)(H,17,18,19);3-4,7-8H,5-6H2,1-2H3,(H,14,17)(H,15,16);5-7,15,17H,3-4H2,1-2H3,(H,14,16);3-4,7-8,15H,5-6H2,1-2H3,(H,14,16);3-4,7H,5-6,13H2,1-2H3,(H,14,15);2-3,6-7,14,16H,4-5H2,1H3,(H,13,15);1-4,6,9,13H,5,12H2,(H,14,15);1-2,5-6,12-13H,3-4,11H2. The van der Waals surface area contributed by atoms with Crippen molar-refractivity contribution in [1.82, 2.24) is 61.8 Å². The number of carbonyl (C=O) groups excluding carboxylic acids is 9. The molecule has 0 spiro atoms. The number of ether oxygens (including phenoxy) is 5. The number of carbonyl (C=O) groups is 10. The molecule has 1 atom stereocenters. The van der Waals surface area contributed by atoms with E-state index >= 15 is 0 Å². The number of phenolic OH excluding ortho intramolecular Hbond substituents is 3. The van der Waals surface area contributed by atoms with Crippen LogP contribution in [0.1, 0.15) is 108 Å². The molecule has 39 nitrogen and oxygen atoms in total. The van der Waals surface area contributed by atoms with Gasteiger partial charge in [0, 0.05) is 232 Å². The molecule has 730 valence electrons. The number of phenols is 3. The van der Waals surface area contributed by atoms with Crippen LogP contribution in [0.5, 0.6) is 51.7 Å². The van der Waals surface area contributed by atoms with Crippen LogP contribution >= 0.6 is 0 Å². The van der Waals surface area contributed by atoms with Crippen molar-refractivity contribution >= 4 is 147 Å². The van der Waals surface area contributed by atoms with E-state index in [9.17, 15) is 71.7 Å². The molecule has 8 aromatic carbocycles. The Kier molecular flexibility index (Phi) is 42.7. The van der Waals surface area contributed by atoms with E-state index in [1.807, 2.05) is 85.6 Å². The average molecular weight is 1910 g/mol. The number of fused-ring (bicyclic) bond motifs is 6. The molecule has 0 radical (unpaired) electrons. The number of ketones is 2. The Morgan fingerprint density at radius 2 is 0.766 bits per heavy atom. The number of nitrogens with one attached hydrogen (secondary N) is 13. The lowest BCUT2D eigenvalue weighted by Crippen LogP contribution is -2.32. The second kappa shape index (κ2) is 54.2. The molecule has 24 N–H and O–H groups in total. The van der Waals surface area contributed by atoms with Crippen LogP contribution in [-0.2, 0) is 87.3 Å². The number of aromatic hydroxyl groups is 3. The van der Waals surface area contributed by atoms with Crippen LogP contribution in [0, 0.1) is 0 Å². The van der Waals surface area contributed by atoms with Crippen LogP contribution in [0.25, 0.3) is 65.4 Å². The molecule has 0 saturated carbocycles. The first kappa shape index (κ1) is 108. The van der Waals surface area contributed by atoms with E-state index in [1.54, 1.807) is 92.2 Å². The minimum absolute atomic E-state index is 0.00224. The number of nitrogens with two attached hydrogens (primary N) is 3. The zero-order valence-corrected chi connectivity index (χ0v) is 78.5. The number of anilines is 2. The second-order valence-corrected chi connectivity index (χ2v) is 31.5. The number of para-hydroxylation sites is 1. The van der Waals surface area contributed by atoms with Gasteiger partial charge in [0.1, 0.15) is 34.8 Å². The number of aromatic amines is 6. The third-order valence-electron chi connectivity index (χ3n) is 20.5. The number of carboxylic acid groups (broad SMARTS) is 1. The van der Waals surface area contributed by atoms with Crippen LogP contribution in [0.3, 0.4) is 0 Å². The van der Waals surface area contributed by atoms with E-state index in [-0.39, 0.29) is 89.4 Å². The number of rotatable bonds is 34. The number of carboxylic acids is 1. The van der Waals surface area contributed by atoms with Gasteiger partial charge in [-0.25, -0.2) is 0 Å². The van der Waals surface area contributed by atoms with Crippen molar-refractivity contribution in [2.24, 2.45) is 11.5 Å². The van der Waals surface area contributed by atoms with Gasteiger partial charge in [0.25, 0.3) is 0 Å². The largest absolute Gasteiger partial charge is 0.508 e. The molecular formula is C97H118N16O23S. The number of aliphatic carboxylic acids is 1. The van der Waals surface area contributed by atoms with Crippen molar-refractivity contribution in [1.29, 1.82) is 0 Å². The lowest BCUT2D eigenvalue weighted by Gasteiger charge is -2.09. The maximum absolute atomic E-state index is 12.0. The van der Waals surface area contributed by atoms with Crippen molar-refractivity contribution in [3.8, 4) is 51.7 Å². The predicted molar refractivity (Wildman–Crippen MR) is 524 cm³/mol. The Morgan fingerprint density at radius 1 is 0.401 bits per heavy atom. The van der Waals surface area contributed by atoms with Crippen LogP contribution in [0.15, 0.2) is 177 Å². The zero-order valence-electron chi connectivity index (χ0n) is 77.7. The first-order valence-electron chi connectivity index (χ1n) is 42.9. The normalized spacial score (nSPS) is 10.7. The quantitative estimate of drug-likeness (QED) is 0.00771. The third-order valence-corrected chi connectivity index (χ3v) is 20.9. The number of hydrogen-bond acceptors (Lipinski definition) is 24. The molecule has 0 fully saturated rings. The molecule has 0 aliphatic carbocycles. The average Bonchev–Trinajstić information content (AvgIpc) is 1.66. The number of H-pyrrole nitrogens is 6. The molecule has 6 aromatic heterocycles. The summed E-state index contributed by atoms with van der Waals surface area (Å²) in [5.41, 5.74) is 30.3. The van der Waals surface area contributed by atoms with E-state index < -0.39 is 22.4 Å². The number of methoxy groups -OCH3 is 5. The highest BCUT2D eigenvalue weighted by Gasteiger charge is 2.20. The predicted octanol–water partition coefficient (Wildman–Crippen LogP) is 10.5. The molecule has 0 aliphatic rings. The third kappa shape index (κ3) is 34.8. The summed E-state index contributed by atoms with van der Waals surface area (Å²) in [5, 5.41) is 61.7. The molecule has 7 amide bonds. The monoisotopic (exact) mass is 1910 g/mol. The van der Waals surface area contributed by atoms with Crippen molar-refractivity contribution in [2.75, 3.05) is 92.4 Å². The van der Waals surface area contributed by atoms with Gasteiger partial charge in [0.15, 0.2) is 34.6 Å². The van der Waals surface area contributed by atoms with E-state index in [2.05, 4.69) is 71.3 Å². The van der Waals surface area contributed by atoms with Crippen LogP contribution < -0.4 is 82.3 Å². The zero-order chi connectivity index (χ0) is 100. The van der Waals surface area contributed by atoms with E-state index in [0.29, 0.717) is 110 Å². The Bertz CT molecular complexity index is 6570. The summed E-state index contributed by atoms with van der Waals surface area (Å²) in [6.07, 6.45) is 16.2. The fourth-order valence-corrected chi connectivity index (χ4v) is 14.1. The summed E-state index contributed by atoms with van der Waals surface area (Å²) in [4.78, 5) is 128. The molecule has 14 rings (SSSR count). The Morgan fingerprint density at radius 3 is 1.20 bits per heavy atom. The van der Waals surface area contributed by atoms with Gasteiger partial charge in [0.05, 0.1) is 41.2 Å². The fraction of sp³-hybridized carbons (Fsp3) is 0.278. The summed E-state index contributed by atoms with van der Waals surface area (Å²) >= 11 is 0. The first-order chi connectivity index (χ1) is 65.4. The SMILES string of the molecule is CC(=O)NCCc1c[nH]c2ccc(O)cc12.COc1cc2c(CCNC(C)=O)c[nH]c2cc1O.COc1cc2c(CCNC(C)=O)c[nH]c2cc1OS(=O)(=O)O.COc1ccc(N)c(C(=O)CCNC(C)=O)c1.COc1ccc(NC=O)c(C(=O)CCNC(C)=O)c1.COc1ccc2[nH]cc(CCNC(C)=O)c2c1.NC(Cc1c[nH]c2ccccc12)C(=O)O.NCCc1c[nH]c2ccc(O)cc12. The van der Waals surface area contributed by atoms with E-state index in [1.165, 1.54) is 81.6 Å². The summed E-state index contributed by atoms with van der Waals surface area (Å²) in [6, 6.07) is 39.6. The van der Waals surface area contributed by atoms with E-state index in [0.717, 1.165) is 119 Å². The van der Waals surface area contributed by atoms with E-state index in [4.69, 9.17) is 50.5 Å². The molecule has 1 unspecified atom stereocenters. The van der Waals surface area contributed by atoms with Crippen molar-refractivity contribution < 1.29 is 109 Å². The summed E-state index contributed by atoms with van der Waals surface area (Å²) < 4.78 is 60.4. The number of benzene rings is 8. The van der Waals surface area contributed by atoms with Gasteiger partial charge >= 0.3 is 16.4 Å². The fourth-order valence-electron chi connectivity index (χ4n) is 13.8. The smallest absolute Gasteiger partial charge is 0.446 e. The lowest BCUT2D eigenvalue weighted by molar-refractivity contribution is -0.138. The van der Waals surface area contributed by atoms with Gasteiger partial charge in [-0.05, 0) is 181 Å². The number of hydrogen-bond donors (Lipinski definition) is 21. The van der Waals surface area contributed by atoms with Gasteiger partial charge in [-0.1, -0.05) is 18.2 Å². The van der Waals surface area contributed by atoms with Crippen molar-refractivity contribution in [3.63, 3.8) is 0 Å². The van der Waals surface area contributed by atoms with Crippen LogP contribution in [-0.4, -0.2) is 210 Å². The number of Topliss-reactive ketones (excluding diaryl/α,β-unsaturated/α-hetero) is 2. The van der Waals surface area contributed by atoms with Gasteiger partial charge in [-0.3, -0.25) is 52.5 Å². The Hall–Kier alpha value is -16.1. The molecule has 6 heterocycles. The number of aromatic nitrogens is 6. The highest BCUT2D eigenvalue weighted by atomic mass is 32.3. The maximum atomic E-state index is 12.0. The number of amides is 7. The minimum atomic E-state index is -4.64. The Labute approximate surface area is 789 Å². The Balaban J connectivity index is 0.000000214. The first-order valence-corrected chi connectivity index (χ1v) is 44.3. The van der Waals surface area contributed by atoms with Gasteiger partial charge in [0.2, 0.25) is 41.9 Å². The maximum Gasteiger partial charge on any atom is 0.446 e. The minimum Gasteiger partial charge on any atom is -0.508 e. The summed E-state index contributed by atoms with van der Waals surface area (Å²) in [7, 11) is 2.92. The lowest BCUT2D eigenvalue weighted by atomic mass is 10.1. The van der Waals surface area contributed by atoms with Crippen LogP contribution in [0.2, 0.25) is 0 Å². The molecular weight excluding hydrogens is 1790 g/mol. The second-order valence-electron chi connectivity index (χ2n) is 30.5. The molecule has 0 saturated heterocycles. The van der Waals surface area contributed by atoms with Crippen molar-refractivity contribution in [3.05, 3.63) is 221 Å². The molecule has 0 bridgehead atoms. The van der Waals surface area contributed by atoms with Crippen LogP contribution in [0.4, 0.5) is 11.4 Å². The van der Waals surface area contributed by atoms with Gasteiger partial charge in [-0.2, -0.15) is 8.42 Å².